The van der Waals surface area contributed by atoms with Gasteiger partial charge in [-0.05, 0) is 43.4 Å². The van der Waals surface area contributed by atoms with Crippen molar-refractivity contribution in [3.63, 3.8) is 0 Å². The molecule has 0 bridgehead atoms. The summed E-state index contributed by atoms with van der Waals surface area (Å²) < 4.78 is 0.860. The Morgan fingerprint density at radius 2 is 2.22 bits per heavy atom. The number of halogens is 1. The first-order valence-electron chi connectivity index (χ1n) is 6.34. The summed E-state index contributed by atoms with van der Waals surface area (Å²) in [5, 5.41) is 0. The number of nitrogens with two attached hydrogens (primary N) is 1. The van der Waals surface area contributed by atoms with E-state index in [1.807, 2.05) is 24.0 Å². The van der Waals surface area contributed by atoms with Gasteiger partial charge in [0.05, 0.1) is 0 Å². The molecule has 1 unspecified atom stereocenters. The first-order chi connectivity index (χ1) is 8.49. The first kappa shape index (κ1) is 13.4. The number of hydrogen-bond donors (Lipinski definition) is 1. The highest BCUT2D eigenvalue weighted by atomic mass is 79.9. The van der Waals surface area contributed by atoms with E-state index in [4.69, 9.17) is 5.73 Å². The lowest BCUT2D eigenvalue weighted by Gasteiger charge is -2.31. The molecule has 1 aliphatic heterocycles. The van der Waals surface area contributed by atoms with E-state index < -0.39 is 0 Å². The SMILES string of the molecule is Cc1c(N)cc(Br)cc1C(=O)N1CCCC(C)C1. The van der Waals surface area contributed by atoms with Gasteiger partial charge in [0, 0.05) is 28.8 Å². The van der Waals surface area contributed by atoms with Crippen LogP contribution in [0.15, 0.2) is 16.6 Å². The van der Waals surface area contributed by atoms with E-state index in [-0.39, 0.29) is 5.91 Å². The molecule has 1 amide bonds. The van der Waals surface area contributed by atoms with E-state index in [0.29, 0.717) is 11.6 Å². The van der Waals surface area contributed by atoms with Crippen LogP contribution in [0.5, 0.6) is 0 Å². The summed E-state index contributed by atoms with van der Waals surface area (Å²) in [6.07, 6.45) is 2.30. The minimum atomic E-state index is 0.104. The van der Waals surface area contributed by atoms with Gasteiger partial charge in [-0.1, -0.05) is 22.9 Å². The van der Waals surface area contributed by atoms with Crippen LogP contribution in [0.25, 0.3) is 0 Å². The topological polar surface area (TPSA) is 46.3 Å². The van der Waals surface area contributed by atoms with Crippen molar-refractivity contribution >= 4 is 27.5 Å². The number of nitrogens with zero attached hydrogens (tertiary/aromatic N) is 1. The molecule has 0 aliphatic carbocycles. The van der Waals surface area contributed by atoms with Crippen LogP contribution in [0, 0.1) is 12.8 Å². The molecule has 1 saturated heterocycles. The molecule has 1 aromatic rings. The zero-order valence-corrected chi connectivity index (χ0v) is 12.5. The Morgan fingerprint density at radius 1 is 1.50 bits per heavy atom. The van der Waals surface area contributed by atoms with Gasteiger partial charge in [-0.15, -0.1) is 0 Å². The lowest BCUT2D eigenvalue weighted by Crippen LogP contribution is -2.39. The molecule has 4 heteroatoms. The molecule has 1 heterocycles. The number of amides is 1. The number of carbonyl (C=O) groups is 1. The second-order valence-corrected chi connectivity index (χ2v) is 6.08. The van der Waals surface area contributed by atoms with Crippen LogP contribution in [0.2, 0.25) is 0 Å². The fourth-order valence-corrected chi connectivity index (χ4v) is 2.94. The molecule has 2 rings (SSSR count). The van der Waals surface area contributed by atoms with Crippen molar-refractivity contribution in [1.82, 2.24) is 4.90 Å². The molecule has 2 N–H and O–H groups in total. The molecule has 0 aromatic heterocycles. The second-order valence-electron chi connectivity index (χ2n) is 5.17. The summed E-state index contributed by atoms with van der Waals surface area (Å²) in [6, 6.07) is 3.71. The summed E-state index contributed by atoms with van der Waals surface area (Å²) in [4.78, 5) is 14.5. The predicted molar refractivity (Wildman–Crippen MR) is 77.6 cm³/mol. The minimum absolute atomic E-state index is 0.104. The predicted octanol–water partition coefficient (Wildman–Crippen LogP) is 3.21. The van der Waals surface area contributed by atoms with Gasteiger partial charge in [-0.2, -0.15) is 0 Å². The monoisotopic (exact) mass is 310 g/mol. The Bertz CT molecular complexity index is 473. The van der Waals surface area contributed by atoms with Gasteiger partial charge in [-0.25, -0.2) is 0 Å². The Morgan fingerprint density at radius 3 is 2.89 bits per heavy atom. The summed E-state index contributed by atoms with van der Waals surface area (Å²) >= 11 is 3.40. The second kappa shape index (κ2) is 5.31. The lowest BCUT2D eigenvalue weighted by molar-refractivity contribution is 0.0682. The highest BCUT2D eigenvalue weighted by Gasteiger charge is 2.23. The zero-order valence-electron chi connectivity index (χ0n) is 10.9. The van der Waals surface area contributed by atoms with Gasteiger partial charge in [0.1, 0.15) is 0 Å². The van der Waals surface area contributed by atoms with Gasteiger partial charge < -0.3 is 10.6 Å². The Kier molecular flexibility index (Phi) is 3.95. The number of anilines is 1. The molecule has 0 spiro atoms. The highest BCUT2D eigenvalue weighted by molar-refractivity contribution is 9.10. The highest BCUT2D eigenvalue weighted by Crippen LogP contribution is 2.25. The lowest BCUT2D eigenvalue weighted by atomic mass is 9.98. The molecule has 1 atom stereocenters. The van der Waals surface area contributed by atoms with Crippen LogP contribution in [0.4, 0.5) is 5.69 Å². The number of likely N-dealkylation sites (tertiary alicyclic amines) is 1. The van der Waals surface area contributed by atoms with Gasteiger partial charge in [0.15, 0.2) is 0 Å². The van der Waals surface area contributed by atoms with Gasteiger partial charge >= 0.3 is 0 Å². The smallest absolute Gasteiger partial charge is 0.254 e. The zero-order chi connectivity index (χ0) is 13.3. The maximum Gasteiger partial charge on any atom is 0.254 e. The van der Waals surface area contributed by atoms with Crippen LogP contribution in [0.1, 0.15) is 35.7 Å². The molecular weight excluding hydrogens is 292 g/mol. The van der Waals surface area contributed by atoms with Crippen LogP contribution in [-0.2, 0) is 0 Å². The third kappa shape index (κ3) is 2.69. The summed E-state index contributed by atoms with van der Waals surface area (Å²) in [7, 11) is 0. The first-order valence-corrected chi connectivity index (χ1v) is 7.13. The molecule has 98 valence electrons. The maximum atomic E-state index is 12.5. The van der Waals surface area contributed by atoms with Gasteiger partial charge in [0.2, 0.25) is 0 Å². The van der Waals surface area contributed by atoms with Crippen molar-refractivity contribution in [2.75, 3.05) is 18.8 Å². The normalized spacial score (nSPS) is 19.9. The molecule has 3 nitrogen and oxygen atoms in total. The minimum Gasteiger partial charge on any atom is -0.398 e. The Balaban J connectivity index is 2.28. The fourth-order valence-electron chi connectivity index (χ4n) is 2.47. The molecule has 0 radical (unpaired) electrons. The maximum absolute atomic E-state index is 12.5. The van der Waals surface area contributed by atoms with E-state index in [1.54, 1.807) is 0 Å². The molecule has 0 saturated carbocycles. The van der Waals surface area contributed by atoms with E-state index in [1.165, 1.54) is 6.42 Å². The van der Waals surface area contributed by atoms with Crippen LogP contribution < -0.4 is 5.73 Å². The van der Waals surface area contributed by atoms with Crippen molar-refractivity contribution < 1.29 is 4.79 Å². The largest absolute Gasteiger partial charge is 0.398 e. The number of rotatable bonds is 1. The number of carbonyl (C=O) groups excluding carboxylic acids is 1. The van der Waals surface area contributed by atoms with Crippen molar-refractivity contribution in [1.29, 1.82) is 0 Å². The van der Waals surface area contributed by atoms with E-state index in [2.05, 4.69) is 22.9 Å². The summed E-state index contributed by atoms with van der Waals surface area (Å²) in [5.74, 6) is 0.694. The number of piperidine rings is 1. The number of hydrogen-bond acceptors (Lipinski definition) is 2. The summed E-state index contributed by atoms with van der Waals surface area (Å²) in [5.41, 5.74) is 8.17. The third-order valence-corrected chi connectivity index (χ3v) is 4.05. The van der Waals surface area contributed by atoms with Crippen molar-refractivity contribution in [2.45, 2.75) is 26.7 Å². The van der Waals surface area contributed by atoms with E-state index in [0.717, 1.165) is 35.1 Å². The fraction of sp³-hybridized carbons (Fsp3) is 0.500. The van der Waals surface area contributed by atoms with Crippen molar-refractivity contribution in [3.05, 3.63) is 27.7 Å². The standard InChI is InChI=1S/C14H19BrN2O/c1-9-4-3-5-17(8-9)14(18)12-6-11(15)7-13(16)10(12)2/h6-7,9H,3-5,8,16H2,1-2H3. The van der Waals surface area contributed by atoms with Crippen LogP contribution in [0.3, 0.4) is 0 Å². The Hall–Kier alpha value is -1.03. The quantitative estimate of drug-likeness (QED) is 0.810. The average molecular weight is 311 g/mol. The van der Waals surface area contributed by atoms with E-state index >= 15 is 0 Å². The van der Waals surface area contributed by atoms with Crippen LogP contribution >= 0.6 is 15.9 Å². The third-order valence-electron chi connectivity index (χ3n) is 3.59. The number of benzene rings is 1. The van der Waals surface area contributed by atoms with Gasteiger partial charge in [-0.3, -0.25) is 4.79 Å². The Labute approximate surface area is 116 Å². The molecule has 18 heavy (non-hydrogen) atoms. The molecule has 1 aliphatic rings. The molecular formula is C14H19BrN2O. The molecule has 1 fully saturated rings. The van der Waals surface area contributed by atoms with Crippen molar-refractivity contribution in [3.8, 4) is 0 Å². The molecule has 1 aromatic carbocycles. The average Bonchev–Trinajstić information content (AvgIpc) is 2.33. The van der Waals surface area contributed by atoms with Crippen LogP contribution in [-0.4, -0.2) is 23.9 Å². The number of nitrogen functional groups attached to an aromatic ring is 1. The van der Waals surface area contributed by atoms with Crippen molar-refractivity contribution in [2.24, 2.45) is 5.92 Å². The van der Waals surface area contributed by atoms with E-state index in [9.17, 15) is 4.79 Å². The van der Waals surface area contributed by atoms with Gasteiger partial charge in [0.25, 0.3) is 5.91 Å². The summed E-state index contributed by atoms with van der Waals surface area (Å²) in [6.45, 7) is 5.81.